The number of ether oxygens (including phenoxy) is 1. The molecule has 0 aliphatic carbocycles. The maximum Gasteiger partial charge on any atom is 0.266 e. The van der Waals surface area contributed by atoms with E-state index in [2.05, 4.69) is 4.98 Å². The first-order valence-electron chi connectivity index (χ1n) is 9.71. The lowest BCUT2D eigenvalue weighted by Gasteiger charge is -2.20. The van der Waals surface area contributed by atoms with Crippen LogP contribution in [0.5, 0.6) is 5.75 Å². The molecule has 6 nitrogen and oxygen atoms in total. The highest BCUT2D eigenvalue weighted by Crippen LogP contribution is 2.33. The molecule has 4 aromatic rings. The van der Waals surface area contributed by atoms with Crippen molar-refractivity contribution in [3.8, 4) is 5.75 Å². The maximum atomic E-state index is 13.1. The summed E-state index contributed by atoms with van der Waals surface area (Å²) < 4.78 is 8.62. The van der Waals surface area contributed by atoms with Crippen molar-refractivity contribution in [2.75, 3.05) is 18.1 Å². The number of hydrogen-bond acceptors (Lipinski definition) is 5. The highest BCUT2D eigenvalue weighted by atomic mass is 35.5. The van der Waals surface area contributed by atoms with Gasteiger partial charge in [-0.05, 0) is 55.3 Å². The molecule has 0 saturated carbocycles. The van der Waals surface area contributed by atoms with Crippen LogP contribution in [0, 0.1) is 6.92 Å². The Kier molecular flexibility index (Phi) is 8.37. The number of hydrogen-bond donors (Lipinski definition) is 0. The molecule has 10 heteroatoms. The molecule has 0 N–H and O–H groups in total. The van der Waals surface area contributed by atoms with Gasteiger partial charge in [0.2, 0.25) is 0 Å². The molecule has 0 aliphatic heterocycles. The zero-order valence-electron chi connectivity index (χ0n) is 17.2. The SMILES string of the molecule is Cc1cc(Cl)cc2sc(N(CCCn3ccnc3)C(=O)COc3ccc(Cl)cc3)nc12.Cl. The number of halogens is 3. The number of anilines is 1. The maximum absolute atomic E-state index is 13.1. The molecule has 32 heavy (non-hydrogen) atoms. The average molecular weight is 512 g/mol. The second-order valence-corrected chi connectivity index (χ2v) is 8.89. The number of carbonyl (C=O) groups excluding carboxylic acids is 1. The van der Waals surface area contributed by atoms with Crippen molar-refractivity contribution < 1.29 is 9.53 Å². The van der Waals surface area contributed by atoms with Gasteiger partial charge in [0.15, 0.2) is 11.7 Å². The Morgan fingerprint density at radius 1 is 1.19 bits per heavy atom. The van der Waals surface area contributed by atoms with E-state index in [9.17, 15) is 4.79 Å². The molecule has 168 valence electrons. The summed E-state index contributed by atoms with van der Waals surface area (Å²) in [4.78, 5) is 23.6. The third-order valence-electron chi connectivity index (χ3n) is 4.70. The number of nitrogens with zero attached hydrogens (tertiary/aromatic N) is 4. The van der Waals surface area contributed by atoms with Gasteiger partial charge < -0.3 is 9.30 Å². The number of aryl methyl sites for hydroxylation is 2. The number of thiazole rings is 1. The highest BCUT2D eigenvalue weighted by Gasteiger charge is 2.21. The lowest BCUT2D eigenvalue weighted by Crippen LogP contribution is -2.36. The van der Waals surface area contributed by atoms with Crippen LogP contribution in [-0.2, 0) is 11.3 Å². The van der Waals surface area contributed by atoms with Crippen molar-refractivity contribution in [2.45, 2.75) is 19.9 Å². The van der Waals surface area contributed by atoms with E-state index in [1.807, 2.05) is 29.8 Å². The van der Waals surface area contributed by atoms with E-state index < -0.39 is 0 Å². The summed E-state index contributed by atoms with van der Waals surface area (Å²) in [6.07, 6.45) is 6.15. The molecule has 0 aliphatic rings. The van der Waals surface area contributed by atoms with Crippen LogP contribution in [0.4, 0.5) is 5.13 Å². The van der Waals surface area contributed by atoms with Crippen LogP contribution in [-0.4, -0.2) is 33.6 Å². The molecule has 0 radical (unpaired) electrons. The fraction of sp³-hybridized carbons (Fsp3) is 0.227. The zero-order chi connectivity index (χ0) is 21.8. The van der Waals surface area contributed by atoms with Crippen molar-refractivity contribution >= 4 is 68.2 Å². The Balaban J connectivity index is 0.00000289. The summed E-state index contributed by atoms with van der Waals surface area (Å²) in [6.45, 7) is 3.13. The van der Waals surface area contributed by atoms with Crippen LogP contribution in [0.2, 0.25) is 10.0 Å². The normalized spacial score (nSPS) is 10.7. The molecule has 2 aromatic heterocycles. The number of benzene rings is 2. The number of imidazole rings is 1. The van der Waals surface area contributed by atoms with Crippen molar-refractivity contribution in [3.63, 3.8) is 0 Å². The van der Waals surface area contributed by atoms with Gasteiger partial charge in [-0.3, -0.25) is 9.69 Å². The van der Waals surface area contributed by atoms with Crippen LogP contribution < -0.4 is 9.64 Å². The van der Waals surface area contributed by atoms with E-state index in [1.165, 1.54) is 11.3 Å². The van der Waals surface area contributed by atoms with Gasteiger partial charge in [-0.1, -0.05) is 34.5 Å². The summed E-state index contributed by atoms with van der Waals surface area (Å²) in [6, 6.07) is 10.7. The van der Waals surface area contributed by atoms with Gasteiger partial charge in [0.1, 0.15) is 5.75 Å². The summed E-state index contributed by atoms with van der Waals surface area (Å²) >= 11 is 13.6. The number of amides is 1. The van der Waals surface area contributed by atoms with Crippen LogP contribution in [0.3, 0.4) is 0 Å². The molecule has 0 atom stereocenters. The molecule has 2 heterocycles. The Labute approximate surface area is 206 Å². The number of aromatic nitrogens is 3. The predicted molar refractivity (Wildman–Crippen MR) is 133 cm³/mol. The minimum Gasteiger partial charge on any atom is -0.484 e. The third-order valence-corrected chi connectivity index (χ3v) is 6.20. The summed E-state index contributed by atoms with van der Waals surface area (Å²) in [7, 11) is 0. The van der Waals surface area contributed by atoms with Crippen LogP contribution in [0.1, 0.15) is 12.0 Å². The van der Waals surface area contributed by atoms with E-state index in [-0.39, 0.29) is 24.9 Å². The molecule has 2 aromatic carbocycles. The Bertz CT molecular complexity index is 1180. The minimum atomic E-state index is -0.164. The molecule has 0 saturated heterocycles. The quantitative estimate of drug-likeness (QED) is 0.290. The largest absolute Gasteiger partial charge is 0.484 e. The van der Waals surface area contributed by atoms with E-state index in [1.54, 1.807) is 41.7 Å². The van der Waals surface area contributed by atoms with Gasteiger partial charge in [-0.25, -0.2) is 9.97 Å². The lowest BCUT2D eigenvalue weighted by molar-refractivity contribution is -0.120. The van der Waals surface area contributed by atoms with E-state index in [0.29, 0.717) is 27.5 Å². The molecule has 0 unspecified atom stereocenters. The summed E-state index contributed by atoms with van der Waals surface area (Å²) in [5.74, 6) is 0.423. The predicted octanol–water partition coefficient (Wildman–Crippen LogP) is 6.03. The number of carbonyl (C=O) groups is 1. The van der Waals surface area contributed by atoms with Crippen LogP contribution in [0.25, 0.3) is 10.2 Å². The summed E-state index contributed by atoms with van der Waals surface area (Å²) in [5.41, 5.74) is 1.84. The zero-order valence-corrected chi connectivity index (χ0v) is 20.3. The number of rotatable bonds is 8. The molecule has 0 spiro atoms. The molecule has 0 fully saturated rings. The topological polar surface area (TPSA) is 60.2 Å². The van der Waals surface area contributed by atoms with E-state index in [0.717, 1.165) is 28.7 Å². The van der Waals surface area contributed by atoms with E-state index in [4.69, 9.17) is 32.9 Å². The van der Waals surface area contributed by atoms with Gasteiger partial charge >= 0.3 is 0 Å². The fourth-order valence-corrected chi connectivity index (χ4v) is 4.76. The van der Waals surface area contributed by atoms with Gasteiger partial charge in [0.25, 0.3) is 5.91 Å². The third kappa shape index (κ3) is 5.92. The fourth-order valence-electron chi connectivity index (χ4n) is 3.17. The first-order chi connectivity index (χ1) is 15.0. The first kappa shape index (κ1) is 24.3. The summed E-state index contributed by atoms with van der Waals surface area (Å²) in [5, 5.41) is 1.91. The number of fused-ring (bicyclic) bond motifs is 1. The van der Waals surface area contributed by atoms with Crippen molar-refractivity contribution in [2.24, 2.45) is 0 Å². The van der Waals surface area contributed by atoms with E-state index >= 15 is 0 Å². The molecule has 0 bridgehead atoms. The highest BCUT2D eigenvalue weighted by molar-refractivity contribution is 7.22. The molecular weight excluding hydrogens is 491 g/mol. The van der Waals surface area contributed by atoms with Crippen molar-refractivity contribution in [1.82, 2.24) is 14.5 Å². The Morgan fingerprint density at radius 3 is 2.69 bits per heavy atom. The van der Waals surface area contributed by atoms with Gasteiger partial charge in [0, 0.05) is 35.5 Å². The molecule has 4 rings (SSSR count). The van der Waals surface area contributed by atoms with Gasteiger partial charge in [-0.2, -0.15) is 0 Å². The standard InChI is InChI=1S/C22H20Cl2N4O2S.ClH/c1-15-11-17(24)12-19-21(15)26-22(31-19)28(9-2-8-27-10-7-25-14-27)20(29)13-30-18-5-3-16(23)4-6-18;/h3-7,10-12,14H,2,8-9,13H2,1H3;1H. The second-order valence-electron chi connectivity index (χ2n) is 7.01. The monoisotopic (exact) mass is 510 g/mol. The first-order valence-corrected chi connectivity index (χ1v) is 11.3. The Hall–Kier alpha value is -2.32. The Morgan fingerprint density at radius 2 is 1.97 bits per heavy atom. The molecule has 1 amide bonds. The lowest BCUT2D eigenvalue weighted by atomic mass is 10.2. The average Bonchev–Trinajstić information content (AvgIpc) is 3.40. The van der Waals surface area contributed by atoms with Gasteiger partial charge in [0.05, 0.1) is 16.5 Å². The van der Waals surface area contributed by atoms with Crippen LogP contribution >= 0.6 is 46.9 Å². The van der Waals surface area contributed by atoms with Crippen LogP contribution in [0.15, 0.2) is 55.1 Å². The minimum absolute atomic E-state index is 0. The molecular formula is C22H21Cl3N4O2S. The second kappa shape index (κ2) is 11.0. The van der Waals surface area contributed by atoms with Crippen molar-refractivity contribution in [1.29, 1.82) is 0 Å². The van der Waals surface area contributed by atoms with Gasteiger partial charge in [-0.15, -0.1) is 12.4 Å². The van der Waals surface area contributed by atoms with Crippen molar-refractivity contribution in [3.05, 3.63) is 70.7 Å². The smallest absolute Gasteiger partial charge is 0.266 e.